The SMILES string of the molecule is O=C(CCN1CCCOC1=O)Nc1ccc2c(c1)OCO2. The van der Waals surface area contributed by atoms with Crippen LogP contribution in [0.15, 0.2) is 18.2 Å². The number of rotatable bonds is 4. The van der Waals surface area contributed by atoms with Gasteiger partial charge >= 0.3 is 6.09 Å². The summed E-state index contributed by atoms with van der Waals surface area (Å²) in [6.45, 7) is 1.65. The van der Waals surface area contributed by atoms with Gasteiger partial charge in [-0.25, -0.2) is 4.79 Å². The third kappa shape index (κ3) is 3.18. The number of cyclic esters (lactones) is 1. The lowest BCUT2D eigenvalue weighted by Crippen LogP contribution is -2.39. The summed E-state index contributed by atoms with van der Waals surface area (Å²) in [6, 6.07) is 5.22. The van der Waals surface area contributed by atoms with E-state index < -0.39 is 0 Å². The van der Waals surface area contributed by atoms with Crippen molar-refractivity contribution in [2.45, 2.75) is 12.8 Å². The maximum absolute atomic E-state index is 11.9. The molecule has 1 saturated heterocycles. The summed E-state index contributed by atoms with van der Waals surface area (Å²) in [6.07, 6.45) is 0.677. The minimum atomic E-state index is -0.350. The van der Waals surface area contributed by atoms with E-state index in [2.05, 4.69) is 5.32 Å². The standard InChI is InChI=1S/C14H16N2O5/c17-13(4-6-16-5-1-7-19-14(16)18)15-10-2-3-11-12(8-10)21-9-20-11/h2-3,8H,1,4-7,9H2,(H,15,17). The number of carbonyl (C=O) groups excluding carboxylic acids is 2. The molecule has 112 valence electrons. The predicted molar refractivity (Wildman–Crippen MR) is 73.3 cm³/mol. The van der Waals surface area contributed by atoms with Gasteiger partial charge in [0, 0.05) is 31.3 Å². The molecule has 0 unspecified atom stereocenters. The molecular weight excluding hydrogens is 276 g/mol. The smallest absolute Gasteiger partial charge is 0.409 e. The van der Waals surface area contributed by atoms with Gasteiger partial charge in [0.15, 0.2) is 11.5 Å². The quantitative estimate of drug-likeness (QED) is 0.911. The van der Waals surface area contributed by atoms with Gasteiger partial charge in [0.25, 0.3) is 0 Å². The van der Waals surface area contributed by atoms with Gasteiger partial charge in [-0.1, -0.05) is 0 Å². The van der Waals surface area contributed by atoms with Crippen molar-refractivity contribution >= 4 is 17.7 Å². The summed E-state index contributed by atoms with van der Waals surface area (Å²) < 4.78 is 15.4. The van der Waals surface area contributed by atoms with Crippen molar-refractivity contribution in [2.24, 2.45) is 0 Å². The maximum Gasteiger partial charge on any atom is 0.409 e. The molecule has 0 atom stereocenters. The van der Waals surface area contributed by atoms with Crippen LogP contribution in [-0.2, 0) is 9.53 Å². The number of nitrogens with zero attached hydrogens (tertiary/aromatic N) is 1. The summed E-state index contributed by atoms with van der Waals surface area (Å²) in [5.41, 5.74) is 0.644. The van der Waals surface area contributed by atoms with E-state index in [1.807, 2.05) is 0 Å². The molecule has 0 aliphatic carbocycles. The van der Waals surface area contributed by atoms with E-state index in [-0.39, 0.29) is 25.2 Å². The van der Waals surface area contributed by atoms with Crippen LogP contribution in [0.4, 0.5) is 10.5 Å². The first-order valence-electron chi connectivity index (χ1n) is 6.83. The molecule has 2 aliphatic heterocycles. The lowest BCUT2D eigenvalue weighted by molar-refractivity contribution is -0.116. The first kappa shape index (κ1) is 13.5. The second-order valence-corrected chi connectivity index (χ2v) is 4.82. The first-order chi connectivity index (χ1) is 10.2. The number of fused-ring (bicyclic) bond motifs is 1. The number of benzene rings is 1. The molecule has 0 spiro atoms. The number of ether oxygens (including phenoxy) is 3. The van der Waals surface area contributed by atoms with Gasteiger partial charge < -0.3 is 24.4 Å². The van der Waals surface area contributed by atoms with Crippen LogP contribution in [0.1, 0.15) is 12.8 Å². The van der Waals surface area contributed by atoms with Gasteiger partial charge in [0.1, 0.15) is 0 Å². The van der Waals surface area contributed by atoms with Crippen LogP contribution < -0.4 is 14.8 Å². The summed E-state index contributed by atoms with van der Waals surface area (Å²) >= 11 is 0. The van der Waals surface area contributed by atoms with Crippen molar-refractivity contribution in [3.63, 3.8) is 0 Å². The fraction of sp³-hybridized carbons (Fsp3) is 0.429. The second-order valence-electron chi connectivity index (χ2n) is 4.82. The lowest BCUT2D eigenvalue weighted by atomic mass is 10.2. The van der Waals surface area contributed by atoms with Gasteiger partial charge in [-0.15, -0.1) is 0 Å². The second kappa shape index (κ2) is 5.90. The summed E-state index contributed by atoms with van der Waals surface area (Å²) in [7, 11) is 0. The van der Waals surface area contributed by atoms with E-state index in [4.69, 9.17) is 14.2 Å². The van der Waals surface area contributed by atoms with Crippen LogP contribution >= 0.6 is 0 Å². The van der Waals surface area contributed by atoms with Gasteiger partial charge in [0.05, 0.1) is 6.61 Å². The lowest BCUT2D eigenvalue weighted by Gasteiger charge is -2.25. The normalized spacial score (nSPS) is 16.6. The van der Waals surface area contributed by atoms with Crippen LogP contribution in [0.25, 0.3) is 0 Å². The number of hydrogen-bond donors (Lipinski definition) is 1. The largest absolute Gasteiger partial charge is 0.454 e. The third-order valence-electron chi connectivity index (χ3n) is 3.32. The third-order valence-corrected chi connectivity index (χ3v) is 3.32. The number of anilines is 1. The zero-order chi connectivity index (χ0) is 14.7. The number of hydrogen-bond acceptors (Lipinski definition) is 5. The Hall–Kier alpha value is -2.44. The molecule has 7 heteroatoms. The van der Waals surface area contributed by atoms with E-state index in [0.717, 1.165) is 6.42 Å². The molecule has 0 bridgehead atoms. The molecule has 1 aromatic rings. The van der Waals surface area contributed by atoms with E-state index in [1.54, 1.807) is 23.1 Å². The van der Waals surface area contributed by atoms with Gasteiger partial charge in [-0.2, -0.15) is 0 Å². The van der Waals surface area contributed by atoms with E-state index in [1.165, 1.54) is 0 Å². The van der Waals surface area contributed by atoms with Crippen molar-refractivity contribution in [3.05, 3.63) is 18.2 Å². The highest BCUT2D eigenvalue weighted by molar-refractivity contribution is 5.91. The van der Waals surface area contributed by atoms with Crippen LogP contribution in [0, 0.1) is 0 Å². The fourth-order valence-electron chi connectivity index (χ4n) is 2.23. The van der Waals surface area contributed by atoms with Crippen molar-refractivity contribution in [3.8, 4) is 11.5 Å². The highest BCUT2D eigenvalue weighted by Crippen LogP contribution is 2.34. The van der Waals surface area contributed by atoms with E-state index in [9.17, 15) is 9.59 Å². The monoisotopic (exact) mass is 292 g/mol. The Bertz CT molecular complexity index is 560. The minimum Gasteiger partial charge on any atom is -0.454 e. The van der Waals surface area contributed by atoms with Crippen LogP contribution in [0.5, 0.6) is 11.5 Å². The summed E-state index contributed by atoms with van der Waals surface area (Å²) in [5.74, 6) is 1.13. The van der Waals surface area contributed by atoms with Gasteiger partial charge in [-0.3, -0.25) is 4.79 Å². The zero-order valence-electron chi connectivity index (χ0n) is 11.5. The molecule has 0 aromatic heterocycles. The van der Waals surface area contributed by atoms with E-state index in [0.29, 0.717) is 36.9 Å². The molecule has 2 aliphatic rings. The fourth-order valence-corrected chi connectivity index (χ4v) is 2.23. The first-order valence-corrected chi connectivity index (χ1v) is 6.83. The average molecular weight is 292 g/mol. The molecule has 2 heterocycles. The van der Waals surface area contributed by atoms with Gasteiger partial charge in [0.2, 0.25) is 12.7 Å². The van der Waals surface area contributed by atoms with Gasteiger partial charge in [-0.05, 0) is 18.6 Å². The molecule has 2 amide bonds. The summed E-state index contributed by atoms with van der Waals surface area (Å²) in [4.78, 5) is 24.9. The Balaban J connectivity index is 1.51. The van der Waals surface area contributed by atoms with Crippen LogP contribution in [-0.4, -0.2) is 43.4 Å². The number of carbonyl (C=O) groups is 2. The highest BCUT2D eigenvalue weighted by atomic mass is 16.7. The molecule has 7 nitrogen and oxygen atoms in total. The zero-order valence-corrected chi connectivity index (χ0v) is 11.5. The van der Waals surface area contributed by atoms with E-state index >= 15 is 0 Å². The van der Waals surface area contributed by atoms with Crippen molar-refractivity contribution in [1.82, 2.24) is 4.90 Å². The molecular formula is C14H16N2O5. The number of nitrogens with one attached hydrogen (secondary N) is 1. The maximum atomic E-state index is 11.9. The molecule has 1 N–H and O–H groups in total. The molecule has 3 rings (SSSR count). The molecule has 0 radical (unpaired) electrons. The highest BCUT2D eigenvalue weighted by Gasteiger charge is 2.20. The molecule has 0 saturated carbocycles. The van der Waals surface area contributed by atoms with Crippen molar-refractivity contribution in [2.75, 3.05) is 31.8 Å². The molecule has 21 heavy (non-hydrogen) atoms. The Kier molecular flexibility index (Phi) is 3.81. The predicted octanol–water partition coefficient (Wildman–Crippen LogP) is 1.59. The van der Waals surface area contributed by atoms with Crippen molar-refractivity contribution < 1.29 is 23.8 Å². The summed E-state index contributed by atoms with van der Waals surface area (Å²) in [5, 5.41) is 2.77. The van der Waals surface area contributed by atoms with Crippen LogP contribution in [0.3, 0.4) is 0 Å². The molecule has 1 aromatic carbocycles. The Labute approximate surface area is 121 Å². The Morgan fingerprint density at radius 3 is 2.95 bits per heavy atom. The topological polar surface area (TPSA) is 77.1 Å². The average Bonchev–Trinajstić information content (AvgIpc) is 2.94. The Morgan fingerprint density at radius 2 is 2.10 bits per heavy atom. The van der Waals surface area contributed by atoms with Crippen molar-refractivity contribution in [1.29, 1.82) is 0 Å². The van der Waals surface area contributed by atoms with Crippen LogP contribution in [0.2, 0.25) is 0 Å². The minimum absolute atomic E-state index is 0.160. The molecule has 1 fully saturated rings. The number of amides is 2. The Morgan fingerprint density at radius 1 is 1.24 bits per heavy atom.